The van der Waals surface area contributed by atoms with Crippen molar-refractivity contribution < 1.29 is 28.9 Å². The van der Waals surface area contributed by atoms with Crippen molar-refractivity contribution in [2.24, 2.45) is 0 Å². The number of ketones is 1. The zero-order valence-corrected chi connectivity index (χ0v) is 15.4. The number of esters is 1. The topological polar surface area (TPSA) is 82.1 Å². The molecule has 0 amide bonds. The molecule has 1 fully saturated rings. The summed E-state index contributed by atoms with van der Waals surface area (Å²) in [6.45, 7) is 0. The molecule has 3 heterocycles. The first-order chi connectivity index (χ1) is 14.0. The van der Waals surface area contributed by atoms with Gasteiger partial charge in [-0.15, -0.1) is 0 Å². The lowest BCUT2D eigenvalue weighted by atomic mass is 9.78. The van der Waals surface area contributed by atoms with Crippen LogP contribution in [-0.4, -0.2) is 36.2 Å². The lowest BCUT2D eigenvalue weighted by Gasteiger charge is -2.39. The Kier molecular flexibility index (Phi) is 3.08. The van der Waals surface area contributed by atoms with Crippen LogP contribution in [-0.2, 0) is 25.6 Å². The lowest BCUT2D eigenvalue weighted by molar-refractivity contribution is -0.254. The summed E-state index contributed by atoms with van der Waals surface area (Å²) in [5, 5.41) is 13.6. The van der Waals surface area contributed by atoms with E-state index < -0.39 is 29.6 Å². The van der Waals surface area contributed by atoms with Gasteiger partial charge in [0, 0.05) is 23.8 Å². The molecule has 3 aromatic carbocycles. The molecule has 0 aliphatic carbocycles. The zero-order chi connectivity index (χ0) is 20.0. The summed E-state index contributed by atoms with van der Waals surface area (Å²) >= 11 is 0. The fraction of sp³-hybridized carbons (Fsp3) is 0.217. The average Bonchev–Trinajstić information content (AvgIpc) is 3.00. The molecule has 0 radical (unpaired) electrons. The number of carbonyl (C=O) groups excluding carboxylic acids is 2. The van der Waals surface area contributed by atoms with Gasteiger partial charge in [0.25, 0.3) is 0 Å². The maximum atomic E-state index is 13.4. The minimum atomic E-state index is -1.86. The molecule has 3 aliphatic heterocycles. The number of fused-ring (bicyclic) bond motifs is 10. The Morgan fingerprint density at radius 2 is 1.62 bits per heavy atom. The van der Waals surface area contributed by atoms with Crippen LogP contribution in [0.2, 0.25) is 0 Å². The molecule has 0 spiro atoms. The first kappa shape index (κ1) is 16.9. The Balaban J connectivity index is 1.69. The number of hydrogen-bond acceptors (Lipinski definition) is 6. The highest BCUT2D eigenvalue weighted by molar-refractivity contribution is 6.07. The average molecular weight is 388 g/mol. The third-order valence-corrected chi connectivity index (χ3v) is 6.31. The van der Waals surface area contributed by atoms with E-state index in [1.807, 2.05) is 30.3 Å². The number of rotatable bonds is 1. The molecule has 6 rings (SSSR count). The Bertz CT molecular complexity index is 1230. The second-order valence-electron chi connectivity index (χ2n) is 7.63. The highest BCUT2D eigenvalue weighted by Gasteiger charge is 2.74. The van der Waals surface area contributed by atoms with Gasteiger partial charge in [0.05, 0.1) is 5.56 Å². The minimum Gasteiger partial charge on any atom is -0.449 e. The summed E-state index contributed by atoms with van der Waals surface area (Å²) in [4.78, 5) is 26.1. The largest absolute Gasteiger partial charge is 0.449 e. The highest BCUT2D eigenvalue weighted by Crippen LogP contribution is 2.58. The summed E-state index contributed by atoms with van der Waals surface area (Å²) in [6, 6.07) is 17.8. The van der Waals surface area contributed by atoms with Gasteiger partial charge in [0.15, 0.2) is 23.6 Å². The Morgan fingerprint density at radius 3 is 2.38 bits per heavy atom. The van der Waals surface area contributed by atoms with Crippen molar-refractivity contribution >= 4 is 22.5 Å². The summed E-state index contributed by atoms with van der Waals surface area (Å²) in [6.07, 6.45) is -2.48. The van der Waals surface area contributed by atoms with Crippen LogP contribution in [0, 0.1) is 0 Å². The van der Waals surface area contributed by atoms with E-state index >= 15 is 0 Å². The lowest BCUT2D eigenvalue weighted by Crippen LogP contribution is -2.54. The van der Waals surface area contributed by atoms with Gasteiger partial charge >= 0.3 is 5.97 Å². The molecule has 6 heteroatoms. The summed E-state index contributed by atoms with van der Waals surface area (Å²) in [7, 11) is 1.42. The Labute approximate surface area is 165 Å². The Hall–Kier alpha value is -3.06. The molecule has 6 nitrogen and oxygen atoms in total. The molecule has 1 N–H and O–H groups in total. The fourth-order valence-corrected chi connectivity index (χ4v) is 4.98. The van der Waals surface area contributed by atoms with E-state index in [0.717, 1.165) is 10.8 Å². The van der Waals surface area contributed by atoms with E-state index in [0.29, 0.717) is 16.7 Å². The molecular weight excluding hydrogens is 372 g/mol. The molecule has 2 bridgehead atoms. The van der Waals surface area contributed by atoms with Crippen LogP contribution in [0.25, 0.3) is 10.8 Å². The molecule has 3 aliphatic rings. The SMILES string of the molecule is CO[C@]12O[C@H](C(=O)c3cc4ccccc4cc31)[C@]1(O)c3ccccc3C(=O)O[C@H]21. The molecule has 0 saturated carbocycles. The monoisotopic (exact) mass is 388 g/mol. The van der Waals surface area contributed by atoms with E-state index in [1.165, 1.54) is 7.11 Å². The van der Waals surface area contributed by atoms with E-state index in [4.69, 9.17) is 14.2 Å². The summed E-state index contributed by atoms with van der Waals surface area (Å²) in [5.41, 5.74) is -0.472. The van der Waals surface area contributed by atoms with E-state index in [9.17, 15) is 14.7 Å². The second-order valence-corrected chi connectivity index (χ2v) is 7.63. The summed E-state index contributed by atoms with van der Waals surface area (Å²) < 4.78 is 17.5. The molecule has 3 aromatic rings. The third kappa shape index (κ3) is 1.82. The smallest absolute Gasteiger partial charge is 0.339 e. The van der Waals surface area contributed by atoms with E-state index in [2.05, 4.69) is 0 Å². The standard InChI is InChI=1S/C23H16O6/c1-27-23-17-11-13-7-3-2-6-12(13)10-15(17)18(24)19(29-23)22(26)16-9-5-4-8-14(16)20(25)28-21(22)23/h2-11,19,21,26H,1H3/t19-,21+,22-,23+/m1/s1. The normalized spacial score (nSPS) is 31.8. The molecule has 144 valence electrons. The maximum Gasteiger partial charge on any atom is 0.339 e. The first-order valence-corrected chi connectivity index (χ1v) is 9.34. The number of benzene rings is 3. The van der Waals surface area contributed by atoms with Crippen LogP contribution in [0.1, 0.15) is 31.8 Å². The second kappa shape index (κ2) is 5.30. The number of ether oxygens (including phenoxy) is 3. The number of methoxy groups -OCH3 is 1. The van der Waals surface area contributed by atoms with Gasteiger partial charge in [-0.3, -0.25) is 4.79 Å². The third-order valence-electron chi connectivity index (χ3n) is 6.31. The maximum absolute atomic E-state index is 13.4. The molecule has 1 saturated heterocycles. The molecule has 0 unspecified atom stereocenters. The summed E-state index contributed by atoms with van der Waals surface area (Å²) in [5.74, 6) is -2.54. The Morgan fingerprint density at radius 1 is 0.931 bits per heavy atom. The molecule has 4 atom stereocenters. The van der Waals surface area contributed by atoms with Crippen molar-refractivity contribution in [1.29, 1.82) is 0 Å². The van der Waals surface area contributed by atoms with Crippen molar-refractivity contribution in [1.82, 2.24) is 0 Å². The first-order valence-electron chi connectivity index (χ1n) is 9.34. The van der Waals surface area contributed by atoms with Crippen LogP contribution >= 0.6 is 0 Å². The number of hydrogen-bond donors (Lipinski definition) is 1. The van der Waals surface area contributed by atoms with Crippen molar-refractivity contribution in [2.45, 2.75) is 23.6 Å². The van der Waals surface area contributed by atoms with Gasteiger partial charge in [0.2, 0.25) is 5.79 Å². The van der Waals surface area contributed by atoms with Crippen molar-refractivity contribution in [3.63, 3.8) is 0 Å². The van der Waals surface area contributed by atoms with Crippen LogP contribution in [0.15, 0.2) is 60.7 Å². The molecule has 0 aromatic heterocycles. The van der Waals surface area contributed by atoms with E-state index in [1.54, 1.807) is 30.3 Å². The van der Waals surface area contributed by atoms with Gasteiger partial charge in [0.1, 0.15) is 0 Å². The molecular formula is C23H16O6. The van der Waals surface area contributed by atoms with Crippen LogP contribution in [0.4, 0.5) is 0 Å². The number of Topliss-reactive ketones (excluding diaryl/α,β-unsaturated/α-hetero) is 1. The minimum absolute atomic E-state index is 0.218. The van der Waals surface area contributed by atoms with Crippen LogP contribution in [0.5, 0.6) is 0 Å². The number of aliphatic hydroxyl groups is 1. The van der Waals surface area contributed by atoms with Crippen LogP contribution < -0.4 is 0 Å². The van der Waals surface area contributed by atoms with E-state index in [-0.39, 0.29) is 11.3 Å². The van der Waals surface area contributed by atoms with Gasteiger partial charge in [-0.1, -0.05) is 42.5 Å². The predicted octanol–water partition coefficient (Wildman–Crippen LogP) is 2.66. The highest BCUT2D eigenvalue weighted by atomic mass is 16.7. The van der Waals surface area contributed by atoms with Crippen molar-refractivity contribution in [2.75, 3.05) is 7.11 Å². The van der Waals surface area contributed by atoms with Gasteiger partial charge in [-0.2, -0.15) is 0 Å². The van der Waals surface area contributed by atoms with Crippen molar-refractivity contribution in [3.8, 4) is 0 Å². The predicted molar refractivity (Wildman–Crippen MR) is 101 cm³/mol. The zero-order valence-electron chi connectivity index (χ0n) is 15.4. The number of carbonyl (C=O) groups is 2. The fourth-order valence-electron chi connectivity index (χ4n) is 4.98. The van der Waals surface area contributed by atoms with Crippen molar-refractivity contribution in [3.05, 3.63) is 82.9 Å². The van der Waals surface area contributed by atoms with Gasteiger partial charge < -0.3 is 19.3 Å². The van der Waals surface area contributed by atoms with Crippen LogP contribution in [0.3, 0.4) is 0 Å². The van der Waals surface area contributed by atoms with Gasteiger partial charge in [-0.25, -0.2) is 4.79 Å². The quantitative estimate of drug-likeness (QED) is 0.646. The molecule has 29 heavy (non-hydrogen) atoms. The van der Waals surface area contributed by atoms with Gasteiger partial charge in [-0.05, 0) is 29.0 Å².